The van der Waals surface area contributed by atoms with Crippen molar-refractivity contribution in [2.24, 2.45) is 0 Å². The number of hydrogen-bond acceptors (Lipinski definition) is 4. The molecule has 5 nitrogen and oxygen atoms in total. The lowest BCUT2D eigenvalue weighted by molar-refractivity contribution is -0.137. The normalized spacial score (nSPS) is 16.6. The molecule has 0 spiro atoms. The third kappa shape index (κ3) is 3.04. The summed E-state index contributed by atoms with van der Waals surface area (Å²) in [5, 5.41) is 3.06. The Labute approximate surface area is 114 Å². The van der Waals surface area contributed by atoms with Crippen molar-refractivity contribution in [2.75, 3.05) is 38.1 Å². The lowest BCUT2D eigenvalue weighted by atomic mass is 10.0. The Kier molecular flexibility index (Phi) is 4.04. The average Bonchev–Trinajstić information content (AvgIpc) is 2.47. The molecule has 1 aliphatic heterocycles. The number of rotatable bonds is 3. The molecule has 104 valence electrons. The summed E-state index contributed by atoms with van der Waals surface area (Å²) in [6.45, 7) is 7.01. The number of aromatic nitrogens is 1. The van der Waals surface area contributed by atoms with Gasteiger partial charge < -0.3 is 15.1 Å². The largest absolute Gasteiger partial charge is 0.353 e. The van der Waals surface area contributed by atoms with E-state index in [4.69, 9.17) is 0 Å². The Morgan fingerprint density at radius 3 is 2.47 bits per heavy atom. The molecule has 0 aromatic carbocycles. The predicted octanol–water partition coefficient (Wildman–Crippen LogP) is 0.728. The molecule has 2 heterocycles. The molecule has 1 saturated heterocycles. The standard InChI is InChI=1S/C14H22N4O/c1-14(2,15-3)13(19)18-10-8-17(9-11-18)12-6-4-5-7-16-12/h4-7,15H,8-11H2,1-3H3. The van der Waals surface area contributed by atoms with Gasteiger partial charge in [0.2, 0.25) is 5.91 Å². The second-order valence-electron chi connectivity index (χ2n) is 5.34. The van der Waals surface area contributed by atoms with Gasteiger partial charge in [-0.3, -0.25) is 4.79 Å². The van der Waals surface area contributed by atoms with Crippen molar-refractivity contribution >= 4 is 11.7 Å². The van der Waals surface area contributed by atoms with Crippen LogP contribution in [0.1, 0.15) is 13.8 Å². The molecular formula is C14H22N4O. The Balaban J connectivity index is 1.95. The minimum atomic E-state index is -0.493. The maximum Gasteiger partial charge on any atom is 0.242 e. The highest BCUT2D eigenvalue weighted by molar-refractivity contribution is 5.85. The van der Waals surface area contributed by atoms with Crippen molar-refractivity contribution in [3.63, 3.8) is 0 Å². The minimum Gasteiger partial charge on any atom is -0.353 e. The summed E-state index contributed by atoms with van der Waals surface area (Å²) in [4.78, 5) is 20.8. The number of nitrogens with one attached hydrogen (secondary N) is 1. The van der Waals surface area contributed by atoms with Crippen LogP contribution in [-0.4, -0.2) is 54.6 Å². The topological polar surface area (TPSA) is 48.5 Å². The molecule has 2 rings (SSSR count). The van der Waals surface area contributed by atoms with Crippen LogP contribution in [0, 0.1) is 0 Å². The van der Waals surface area contributed by atoms with Crippen LogP contribution >= 0.6 is 0 Å². The summed E-state index contributed by atoms with van der Waals surface area (Å²) in [7, 11) is 1.82. The molecule has 0 saturated carbocycles. The Morgan fingerprint density at radius 2 is 1.95 bits per heavy atom. The highest BCUT2D eigenvalue weighted by Crippen LogP contribution is 2.15. The zero-order valence-electron chi connectivity index (χ0n) is 11.9. The Bertz CT molecular complexity index is 424. The van der Waals surface area contributed by atoms with E-state index in [9.17, 15) is 4.79 Å². The first-order chi connectivity index (χ1) is 9.04. The van der Waals surface area contributed by atoms with Crippen LogP contribution in [0.25, 0.3) is 0 Å². The molecule has 0 radical (unpaired) electrons. The molecular weight excluding hydrogens is 240 g/mol. The number of amides is 1. The van der Waals surface area contributed by atoms with E-state index in [1.807, 2.05) is 44.0 Å². The number of carbonyl (C=O) groups is 1. The van der Waals surface area contributed by atoms with Gasteiger partial charge in [0.25, 0.3) is 0 Å². The molecule has 19 heavy (non-hydrogen) atoms. The summed E-state index contributed by atoms with van der Waals surface area (Å²) >= 11 is 0. The summed E-state index contributed by atoms with van der Waals surface area (Å²) in [6, 6.07) is 5.91. The number of hydrogen-bond donors (Lipinski definition) is 1. The number of piperazine rings is 1. The molecule has 5 heteroatoms. The summed E-state index contributed by atoms with van der Waals surface area (Å²) in [6.07, 6.45) is 1.80. The van der Waals surface area contributed by atoms with E-state index in [2.05, 4.69) is 15.2 Å². The molecule has 1 N–H and O–H groups in total. The van der Waals surface area contributed by atoms with Crippen molar-refractivity contribution in [1.82, 2.24) is 15.2 Å². The van der Waals surface area contributed by atoms with E-state index in [0.29, 0.717) is 0 Å². The number of nitrogens with zero attached hydrogens (tertiary/aromatic N) is 3. The lowest BCUT2D eigenvalue weighted by Crippen LogP contribution is -2.58. The molecule has 1 aliphatic rings. The first-order valence-electron chi connectivity index (χ1n) is 6.69. The molecule has 1 fully saturated rings. The van der Waals surface area contributed by atoms with Crippen molar-refractivity contribution in [1.29, 1.82) is 0 Å². The highest BCUT2D eigenvalue weighted by atomic mass is 16.2. The van der Waals surface area contributed by atoms with Crippen LogP contribution in [0.3, 0.4) is 0 Å². The molecule has 0 atom stereocenters. The smallest absolute Gasteiger partial charge is 0.242 e. The van der Waals surface area contributed by atoms with E-state index in [1.165, 1.54) is 0 Å². The quantitative estimate of drug-likeness (QED) is 0.872. The maximum absolute atomic E-state index is 12.3. The van der Waals surface area contributed by atoms with Gasteiger partial charge in [0, 0.05) is 32.4 Å². The second kappa shape index (κ2) is 5.57. The third-order valence-corrected chi connectivity index (χ3v) is 3.70. The molecule has 1 aromatic heterocycles. The monoisotopic (exact) mass is 262 g/mol. The first-order valence-corrected chi connectivity index (χ1v) is 6.69. The summed E-state index contributed by atoms with van der Waals surface area (Å²) < 4.78 is 0. The fourth-order valence-electron chi connectivity index (χ4n) is 2.18. The van der Waals surface area contributed by atoms with E-state index in [1.54, 1.807) is 6.20 Å². The van der Waals surface area contributed by atoms with Crippen LogP contribution < -0.4 is 10.2 Å². The van der Waals surface area contributed by atoms with Gasteiger partial charge >= 0.3 is 0 Å². The highest BCUT2D eigenvalue weighted by Gasteiger charge is 2.32. The van der Waals surface area contributed by atoms with Gasteiger partial charge in [0.1, 0.15) is 5.82 Å². The zero-order valence-corrected chi connectivity index (χ0v) is 11.9. The van der Waals surface area contributed by atoms with Gasteiger partial charge in [-0.1, -0.05) is 6.07 Å². The van der Waals surface area contributed by atoms with Crippen LogP contribution in [0.2, 0.25) is 0 Å². The van der Waals surface area contributed by atoms with Crippen molar-refractivity contribution in [3.05, 3.63) is 24.4 Å². The minimum absolute atomic E-state index is 0.163. The van der Waals surface area contributed by atoms with E-state index < -0.39 is 5.54 Å². The summed E-state index contributed by atoms with van der Waals surface area (Å²) in [5.74, 6) is 1.15. The van der Waals surface area contributed by atoms with Gasteiger partial charge in [-0.15, -0.1) is 0 Å². The van der Waals surface area contributed by atoms with Crippen LogP contribution in [0.5, 0.6) is 0 Å². The molecule has 1 amide bonds. The van der Waals surface area contributed by atoms with Crippen molar-refractivity contribution in [3.8, 4) is 0 Å². The zero-order chi connectivity index (χ0) is 13.9. The number of pyridine rings is 1. The Morgan fingerprint density at radius 1 is 1.26 bits per heavy atom. The van der Waals surface area contributed by atoms with Crippen LogP contribution in [-0.2, 0) is 4.79 Å². The van der Waals surface area contributed by atoms with Gasteiger partial charge in [-0.25, -0.2) is 4.98 Å². The fraction of sp³-hybridized carbons (Fsp3) is 0.571. The SMILES string of the molecule is CNC(C)(C)C(=O)N1CCN(c2ccccn2)CC1. The number of anilines is 1. The molecule has 0 bridgehead atoms. The van der Waals surface area contributed by atoms with Gasteiger partial charge in [0.15, 0.2) is 0 Å². The molecule has 0 unspecified atom stereocenters. The van der Waals surface area contributed by atoms with Gasteiger partial charge in [-0.2, -0.15) is 0 Å². The predicted molar refractivity (Wildman–Crippen MR) is 76.2 cm³/mol. The number of carbonyl (C=O) groups excluding carboxylic acids is 1. The Hall–Kier alpha value is -1.62. The van der Waals surface area contributed by atoms with E-state index in [0.717, 1.165) is 32.0 Å². The van der Waals surface area contributed by atoms with E-state index >= 15 is 0 Å². The van der Waals surface area contributed by atoms with Crippen molar-refractivity contribution in [2.45, 2.75) is 19.4 Å². The maximum atomic E-state index is 12.3. The lowest BCUT2D eigenvalue weighted by Gasteiger charge is -2.38. The average molecular weight is 262 g/mol. The number of likely N-dealkylation sites (N-methyl/N-ethyl adjacent to an activating group) is 1. The fourth-order valence-corrected chi connectivity index (χ4v) is 2.18. The van der Waals surface area contributed by atoms with Crippen molar-refractivity contribution < 1.29 is 4.79 Å². The second-order valence-corrected chi connectivity index (χ2v) is 5.34. The van der Waals surface area contributed by atoms with Crippen LogP contribution in [0.4, 0.5) is 5.82 Å². The molecule has 1 aromatic rings. The van der Waals surface area contributed by atoms with Crippen LogP contribution in [0.15, 0.2) is 24.4 Å². The van der Waals surface area contributed by atoms with E-state index in [-0.39, 0.29) is 5.91 Å². The molecule has 0 aliphatic carbocycles. The van der Waals surface area contributed by atoms with Gasteiger partial charge in [-0.05, 0) is 33.0 Å². The van der Waals surface area contributed by atoms with Gasteiger partial charge in [0.05, 0.1) is 5.54 Å². The third-order valence-electron chi connectivity index (χ3n) is 3.70. The summed E-state index contributed by atoms with van der Waals surface area (Å²) in [5.41, 5.74) is -0.493. The first kappa shape index (κ1) is 13.8.